The van der Waals surface area contributed by atoms with E-state index in [1.807, 2.05) is 62.4 Å². The molecule has 6 heteroatoms. The van der Waals surface area contributed by atoms with Gasteiger partial charge in [-0.3, -0.25) is 10.2 Å². The average Bonchev–Trinajstić information content (AvgIpc) is 2.81. The molecule has 5 N–H and O–H groups in total. The monoisotopic (exact) mass is 441 g/mol. The minimum atomic E-state index is -1.10. The first-order chi connectivity index (χ1) is 15.8. The molecular formula is C27H27N3O3. The Morgan fingerprint density at radius 3 is 2.27 bits per heavy atom. The molecule has 3 aromatic carbocycles. The largest absolute Gasteiger partial charge is 0.478 e. The fourth-order valence-corrected chi connectivity index (χ4v) is 3.34. The number of hydrogen-bond donors (Lipinski definition) is 4. The summed E-state index contributed by atoms with van der Waals surface area (Å²) in [5, 5.41) is 20.2. The molecule has 0 unspecified atom stereocenters. The quantitative estimate of drug-likeness (QED) is 0.226. The van der Waals surface area contributed by atoms with Crippen LogP contribution in [0, 0.1) is 11.3 Å². The van der Waals surface area contributed by atoms with Crippen molar-refractivity contribution in [2.75, 3.05) is 6.54 Å². The number of aromatic carboxylic acids is 1. The first kappa shape index (κ1) is 23.5. The van der Waals surface area contributed by atoms with Crippen LogP contribution in [-0.2, 0) is 0 Å². The fraction of sp³-hybridized carbons (Fsp3) is 0.148. The van der Waals surface area contributed by atoms with Crippen LogP contribution in [0.1, 0.15) is 51.3 Å². The summed E-state index contributed by atoms with van der Waals surface area (Å²) >= 11 is 0. The molecular weight excluding hydrogens is 414 g/mol. The fourth-order valence-electron chi connectivity index (χ4n) is 3.34. The van der Waals surface area contributed by atoms with Gasteiger partial charge in [0, 0.05) is 17.7 Å². The van der Waals surface area contributed by atoms with Crippen molar-refractivity contribution in [1.82, 2.24) is 5.32 Å². The van der Waals surface area contributed by atoms with Crippen molar-refractivity contribution in [3.05, 3.63) is 94.5 Å². The molecule has 33 heavy (non-hydrogen) atoms. The second-order valence-electron chi connectivity index (χ2n) is 8.13. The topological polar surface area (TPSA) is 116 Å². The Morgan fingerprint density at radius 1 is 0.970 bits per heavy atom. The Hall–Kier alpha value is -4.19. The number of rotatable bonds is 8. The summed E-state index contributed by atoms with van der Waals surface area (Å²) in [4.78, 5) is 24.5. The molecule has 0 bridgehead atoms. The van der Waals surface area contributed by atoms with Gasteiger partial charge in [0.05, 0.1) is 5.56 Å². The second kappa shape index (κ2) is 10.4. The predicted molar refractivity (Wildman–Crippen MR) is 132 cm³/mol. The molecule has 0 radical (unpaired) electrons. The van der Waals surface area contributed by atoms with Crippen LogP contribution < -0.4 is 11.1 Å². The van der Waals surface area contributed by atoms with Crippen LogP contribution in [0.25, 0.3) is 23.3 Å². The summed E-state index contributed by atoms with van der Waals surface area (Å²) in [6.45, 7) is 4.51. The molecule has 168 valence electrons. The van der Waals surface area contributed by atoms with Gasteiger partial charge in [0.2, 0.25) is 0 Å². The summed E-state index contributed by atoms with van der Waals surface area (Å²) < 4.78 is 0. The van der Waals surface area contributed by atoms with Crippen molar-refractivity contribution >= 4 is 29.9 Å². The van der Waals surface area contributed by atoms with Gasteiger partial charge in [0.1, 0.15) is 5.84 Å². The van der Waals surface area contributed by atoms with Gasteiger partial charge in [-0.2, -0.15) is 0 Å². The van der Waals surface area contributed by atoms with Gasteiger partial charge in [-0.25, -0.2) is 4.79 Å². The van der Waals surface area contributed by atoms with Crippen molar-refractivity contribution in [3.8, 4) is 11.1 Å². The Labute approximate surface area is 193 Å². The molecule has 0 heterocycles. The van der Waals surface area contributed by atoms with E-state index in [9.17, 15) is 14.7 Å². The van der Waals surface area contributed by atoms with Crippen molar-refractivity contribution in [2.45, 2.75) is 13.8 Å². The first-order valence-electron chi connectivity index (χ1n) is 10.6. The van der Waals surface area contributed by atoms with Crippen molar-refractivity contribution < 1.29 is 14.7 Å². The van der Waals surface area contributed by atoms with Gasteiger partial charge >= 0.3 is 5.97 Å². The third-order valence-corrected chi connectivity index (χ3v) is 5.11. The number of carbonyl (C=O) groups is 2. The second-order valence-corrected chi connectivity index (χ2v) is 8.13. The third kappa shape index (κ3) is 5.95. The van der Waals surface area contributed by atoms with E-state index in [1.165, 1.54) is 6.07 Å². The van der Waals surface area contributed by atoms with Crippen LogP contribution in [0.3, 0.4) is 0 Å². The van der Waals surface area contributed by atoms with E-state index in [4.69, 9.17) is 11.1 Å². The van der Waals surface area contributed by atoms with E-state index >= 15 is 0 Å². The summed E-state index contributed by atoms with van der Waals surface area (Å²) in [5.74, 6) is -1.08. The van der Waals surface area contributed by atoms with Crippen LogP contribution in [0.15, 0.2) is 66.7 Å². The summed E-state index contributed by atoms with van der Waals surface area (Å²) in [5.41, 5.74) is 9.59. The molecule has 6 nitrogen and oxygen atoms in total. The van der Waals surface area contributed by atoms with Crippen molar-refractivity contribution in [3.63, 3.8) is 0 Å². The van der Waals surface area contributed by atoms with Crippen LogP contribution in [0.5, 0.6) is 0 Å². The number of carboxylic acids is 1. The molecule has 3 rings (SSSR count). The molecule has 0 aliphatic heterocycles. The smallest absolute Gasteiger partial charge is 0.336 e. The van der Waals surface area contributed by atoms with Crippen LogP contribution in [0.4, 0.5) is 0 Å². The zero-order valence-electron chi connectivity index (χ0n) is 18.6. The lowest BCUT2D eigenvalue weighted by Crippen LogP contribution is -2.27. The van der Waals surface area contributed by atoms with E-state index in [2.05, 4.69) is 5.32 Å². The zero-order valence-corrected chi connectivity index (χ0v) is 18.6. The van der Waals surface area contributed by atoms with Crippen LogP contribution in [0.2, 0.25) is 0 Å². The van der Waals surface area contributed by atoms with Gasteiger partial charge in [-0.15, -0.1) is 0 Å². The van der Waals surface area contributed by atoms with Crippen molar-refractivity contribution in [1.29, 1.82) is 5.41 Å². The highest BCUT2D eigenvalue weighted by molar-refractivity contribution is 6.02. The van der Waals surface area contributed by atoms with Crippen LogP contribution >= 0.6 is 0 Å². The highest BCUT2D eigenvalue weighted by Crippen LogP contribution is 2.29. The lowest BCUT2D eigenvalue weighted by molar-refractivity contribution is 0.0697. The molecule has 0 aliphatic carbocycles. The molecule has 0 fully saturated rings. The van der Waals surface area contributed by atoms with Crippen LogP contribution in [-0.4, -0.2) is 29.4 Å². The summed E-state index contributed by atoms with van der Waals surface area (Å²) in [6.07, 6.45) is 3.82. The Morgan fingerprint density at radius 2 is 1.64 bits per heavy atom. The highest BCUT2D eigenvalue weighted by atomic mass is 16.4. The maximum atomic E-state index is 12.4. The maximum absolute atomic E-state index is 12.4. The lowest BCUT2D eigenvalue weighted by Gasteiger charge is -2.13. The molecule has 0 aliphatic rings. The number of nitrogens with two attached hydrogens (primary N) is 1. The van der Waals surface area contributed by atoms with E-state index in [1.54, 1.807) is 24.3 Å². The van der Waals surface area contributed by atoms with Gasteiger partial charge in [0.15, 0.2) is 0 Å². The molecule has 0 aromatic heterocycles. The molecule has 0 atom stereocenters. The van der Waals surface area contributed by atoms with Gasteiger partial charge in [-0.1, -0.05) is 80.6 Å². The Kier molecular flexibility index (Phi) is 7.41. The number of nitrogen functional groups attached to an aromatic ring is 1. The maximum Gasteiger partial charge on any atom is 0.336 e. The predicted octanol–water partition coefficient (Wildman–Crippen LogP) is 4.89. The Bertz CT molecular complexity index is 1210. The van der Waals surface area contributed by atoms with E-state index < -0.39 is 5.97 Å². The SMILES string of the molecule is CC(C)CNC(=O)c1ccc(-c2ccccc2C=Cc2ccc(C(=N)N)cc2)c(C(=O)O)c1. The zero-order chi connectivity index (χ0) is 24.0. The number of benzene rings is 3. The van der Waals surface area contributed by atoms with E-state index in [0.717, 1.165) is 16.7 Å². The van der Waals surface area contributed by atoms with Gasteiger partial charge in [0.25, 0.3) is 5.91 Å². The molecule has 0 spiro atoms. The first-order valence-corrected chi connectivity index (χ1v) is 10.6. The molecule has 0 saturated heterocycles. The van der Waals surface area contributed by atoms with E-state index in [-0.39, 0.29) is 17.3 Å². The number of nitrogens with one attached hydrogen (secondary N) is 2. The molecule has 0 saturated carbocycles. The minimum Gasteiger partial charge on any atom is -0.478 e. The normalized spacial score (nSPS) is 11.0. The van der Waals surface area contributed by atoms with Crippen molar-refractivity contribution in [2.24, 2.45) is 11.7 Å². The number of carbonyl (C=O) groups excluding carboxylic acids is 1. The number of amides is 1. The molecule has 3 aromatic rings. The number of amidine groups is 1. The lowest BCUT2D eigenvalue weighted by atomic mass is 9.93. The van der Waals surface area contributed by atoms with Gasteiger partial charge in [-0.05, 0) is 40.3 Å². The number of carboxylic acid groups (broad SMARTS) is 1. The minimum absolute atomic E-state index is 0.0124. The summed E-state index contributed by atoms with van der Waals surface area (Å²) in [6, 6.07) is 19.5. The standard InChI is InChI=1S/C27H27N3O3/c1-17(2)16-30-26(31)21-13-14-23(24(15-21)27(32)33)22-6-4-3-5-19(22)10-7-18-8-11-20(12-9-18)25(28)29/h3-15,17H,16H2,1-2H3,(H3,28,29)(H,30,31)(H,32,33). The Balaban J connectivity index is 1.95. The highest BCUT2D eigenvalue weighted by Gasteiger charge is 2.17. The number of hydrogen-bond acceptors (Lipinski definition) is 3. The van der Waals surface area contributed by atoms with E-state index in [0.29, 0.717) is 29.2 Å². The molecule has 1 amide bonds. The summed E-state index contributed by atoms with van der Waals surface area (Å²) in [7, 11) is 0. The average molecular weight is 442 g/mol. The third-order valence-electron chi connectivity index (χ3n) is 5.11. The van der Waals surface area contributed by atoms with Gasteiger partial charge < -0.3 is 16.2 Å².